The first-order valence-electron chi connectivity index (χ1n) is 5.40. The summed E-state index contributed by atoms with van der Waals surface area (Å²) in [5.41, 5.74) is 1.79. The van der Waals surface area contributed by atoms with Crippen molar-refractivity contribution in [2.45, 2.75) is 20.4 Å². The van der Waals surface area contributed by atoms with Crippen LogP contribution in [0.2, 0.25) is 0 Å². The minimum atomic E-state index is -0.361. The molecule has 84 valence electrons. The van der Waals surface area contributed by atoms with Crippen molar-refractivity contribution in [3.63, 3.8) is 0 Å². The molecule has 16 heavy (non-hydrogen) atoms. The van der Waals surface area contributed by atoms with Crippen molar-refractivity contribution in [2.24, 2.45) is 0 Å². The highest BCUT2D eigenvalue weighted by molar-refractivity contribution is 5.91. The highest BCUT2D eigenvalue weighted by Gasteiger charge is 2.16. The predicted octanol–water partition coefficient (Wildman–Crippen LogP) is 2.23. The molecule has 0 radical (unpaired) electrons. The summed E-state index contributed by atoms with van der Waals surface area (Å²) in [5.74, 6) is 0.0195. The van der Waals surface area contributed by atoms with Crippen LogP contribution in [0.25, 0.3) is 11.0 Å². The summed E-state index contributed by atoms with van der Waals surface area (Å²) in [5, 5.41) is 0. The SMILES string of the molecule is CCOC(=O)c1nc2ccccc2n1CC. The van der Waals surface area contributed by atoms with Gasteiger partial charge in [-0.25, -0.2) is 9.78 Å². The number of aryl methyl sites for hydroxylation is 1. The second-order valence-corrected chi connectivity index (χ2v) is 3.39. The summed E-state index contributed by atoms with van der Waals surface area (Å²) >= 11 is 0. The van der Waals surface area contributed by atoms with Gasteiger partial charge in [0.05, 0.1) is 17.6 Å². The van der Waals surface area contributed by atoms with Gasteiger partial charge in [0.15, 0.2) is 0 Å². The molecule has 0 N–H and O–H groups in total. The Bertz CT molecular complexity index is 517. The largest absolute Gasteiger partial charge is 0.460 e. The Morgan fingerprint density at radius 2 is 2.12 bits per heavy atom. The van der Waals surface area contributed by atoms with Crippen molar-refractivity contribution in [3.05, 3.63) is 30.1 Å². The lowest BCUT2D eigenvalue weighted by Gasteiger charge is -2.04. The second-order valence-electron chi connectivity index (χ2n) is 3.39. The molecule has 0 aliphatic rings. The summed E-state index contributed by atoms with van der Waals surface area (Å²) in [6.07, 6.45) is 0. The Kier molecular flexibility index (Phi) is 2.90. The van der Waals surface area contributed by atoms with Crippen LogP contribution >= 0.6 is 0 Å². The Hall–Kier alpha value is -1.84. The molecule has 0 saturated carbocycles. The number of fused-ring (bicyclic) bond motifs is 1. The highest BCUT2D eigenvalue weighted by atomic mass is 16.5. The van der Waals surface area contributed by atoms with Crippen LogP contribution in [-0.4, -0.2) is 22.1 Å². The average Bonchev–Trinajstić information content (AvgIpc) is 2.67. The van der Waals surface area contributed by atoms with Gasteiger partial charge in [-0.2, -0.15) is 0 Å². The van der Waals surface area contributed by atoms with Crippen molar-refractivity contribution in [3.8, 4) is 0 Å². The summed E-state index contributed by atoms with van der Waals surface area (Å²) < 4.78 is 6.85. The lowest BCUT2D eigenvalue weighted by Crippen LogP contribution is -2.12. The zero-order valence-corrected chi connectivity index (χ0v) is 9.43. The van der Waals surface area contributed by atoms with E-state index in [-0.39, 0.29) is 5.97 Å². The number of benzene rings is 1. The fourth-order valence-electron chi connectivity index (χ4n) is 1.75. The molecular formula is C12H14N2O2. The van der Waals surface area contributed by atoms with Crippen LogP contribution in [0.3, 0.4) is 0 Å². The number of esters is 1. The second kappa shape index (κ2) is 4.35. The third kappa shape index (κ3) is 1.66. The van der Waals surface area contributed by atoms with E-state index in [4.69, 9.17) is 4.74 Å². The van der Waals surface area contributed by atoms with E-state index >= 15 is 0 Å². The molecule has 0 amide bonds. The van der Waals surface area contributed by atoms with E-state index < -0.39 is 0 Å². The van der Waals surface area contributed by atoms with Crippen molar-refractivity contribution < 1.29 is 9.53 Å². The molecule has 0 aliphatic carbocycles. The van der Waals surface area contributed by atoms with Crippen LogP contribution in [0.4, 0.5) is 0 Å². The van der Waals surface area contributed by atoms with E-state index in [1.54, 1.807) is 6.92 Å². The average molecular weight is 218 g/mol. The standard InChI is InChI=1S/C12H14N2O2/c1-3-14-10-8-6-5-7-9(10)13-11(14)12(15)16-4-2/h5-8H,3-4H2,1-2H3. The minimum absolute atomic E-state index is 0.361. The number of hydrogen-bond donors (Lipinski definition) is 0. The number of nitrogens with zero attached hydrogens (tertiary/aromatic N) is 2. The van der Waals surface area contributed by atoms with Crippen LogP contribution in [0.15, 0.2) is 24.3 Å². The van der Waals surface area contributed by atoms with Crippen LogP contribution in [0.5, 0.6) is 0 Å². The smallest absolute Gasteiger partial charge is 0.374 e. The number of imidazole rings is 1. The zero-order chi connectivity index (χ0) is 11.5. The van der Waals surface area contributed by atoms with Gasteiger partial charge in [-0.05, 0) is 26.0 Å². The van der Waals surface area contributed by atoms with E-state index in [2.05, 4.69) is 4.98 Å². The number of carbonyl (C=O) groups excluding carboxylic acids is 1. The van der Waals surface area contributed by atoms with Gasteiger partial charge in [-0.1, -0.05) is 12.1 Å². The topological polar surface area (TPSA) is 44.1 Å². The monoisotopic (exact) mass is 218 g/mol. The Balaban J connectivity index is 2.56. The molecule has 1 aromatic carbocycles. The summed E-state index contributed by atoms with van der Waals surface area (Å²) in [4.78, 5) is 16.0. The van der Waals surface area contributed by atoms with Crippen molar-refractivity contribution >= 4 is 17.0 Å². The fourth-order valence-corrected chi connectivity index (χ4v) is 1.75. The zero-order valence-electron chi connectivity index (χ0n) is 9.43. The Morgan fingerprint density at radius 3 is 2.81 bits per heavy atom. The van der Waals surface area contributed by atoms with Gasteiger partial charge < -0.3 is 9.30 Å². The molecular weight excluding hydrogens is 204 g/mol. The van der Waals surface area contributed by atoms with Gasteiger partial charge in [0, 0.05) is 6.54 Å². The number of aromatic nitrogens is 2. The summed E-state index contributed by atoms with van der Waals surface area (Å²) in [7, 11) is 0. The maximum atomic E-state index is 11.7. The number of para-hydroxylation sites is 2. The number of ether oxygens (including phenoxy) is 1. The maximum absolute atomic E-state index is 11.7. The molecule has 0 unspecified atom stereocenters. The molecule has 1 aromatic heterocycles. The van der Waals surface area contributed by atoms with Crippen LogP contribution in [0.1, 0.15) is 24.5 Å². The van der Waals surface area contributed by atoms with Gasteiger partial charge in [0.25, 0.3) is 0 Å². The van der Waals surface area contributed by atoms with Gasteiger partial charge in [-0.15, -0.1) is 0 Å². The van der Waals surface area contributed by atoms with Crippen LogP contribution in [-0.2, 0) is 11.3 Å². The van der Waals surface area contributed by atoms with Crippen LogP contribution < -0.4 is 0 Å². The molecule has 2 aromatic rings. The van der Waals surface area contributed by atoms with Gasteiger partial charge in [-0.3, -0.25) is 0 Å². The predicted molar refractivity (Wildman–Crippen MR) is 61.4 cm³/mol. The molecule has 0 aliphatic heterocycles. The lowest BCUT2D eigenvalue weighted by molar-refractivity contribution is 0.0507. The molecule has 2 rings (SSSR count). The molecule has 0 fully saturated rings. The quantitative estimate of drug-likeness (QED) is 0.742. The fraction of sp³-hybridized carbons (Fsp3) is 0.333. The molecule has 1 heterocycles. The van der Waals surface area contributed by atoms with Crippen molar-refractivity contribution in [2.75, 3.05) is 6.61 Å². The minimum Gasteiger partial charge on any atom is -0.460 e. The first-order chi connectivity index (χ1) is 7.77. The number of carbonyl (C=O) groups is 1. The van der Waals surface area contributed by atoms with E-state index in [0.717, 1.165) is 11.0 Å². The van der Waals surface area contributed by atoms with Gasteiger partial charge in [0.2, 0.25) is 5.82 Å². The molecule has 0 saturated heterocycles. The molecule has 0 spiro atoms. The van der Waals surface area contributed by atoms with E-state index in [1.165, 1.54) is 0 Å². The molecule has 4 nitrogen and oxygen atoms in total. The van der Waals surface area contributed by atoms with E-state index in [0.29, 0.717) is 19.0 Å². The third-order valence-electron chi connectivity index (χ3n) is 2.43. The van der Waals surface area contributed by atoms with E-state index in [9.17, 15) is 4.79 Å². The lowest BCUT2D eigenvalue weighted by atomic mass is 10.3. The summed E-state index contributed by atoms with van der Waals surface area (Å²) in [6.45, 7) is 4.84. The normalized spacial score (nSPS) is 10.6. The first kappa shape index (κ1) is 10.7. The third-order valence-corrected chi connectivity index (χ3v) is 2.43. The summed E-state index contributed by atoms with van der Waals surface area (Å²) in [6, 6.07) is 7.69. The highest BCUT2D eigenvalue weighted by Crippen LogP contribution is 2.16. The Morgan fingerprint density at radius 1 is 1.38 bits per heavy atom. The number of hydrogen-bond acceptors (Lipinski definition) is 3. The first-order valence-corrected chi connectivity index (χ1v) is 5.40. The molecule has 4 heteroatoms. The van der Waals surface area contributed by atoms with E-state index in [1.807, 2.05) is 35.8 Å². The van der Waals surface area contributed by atoms with Crippen molar-refractivity contribution in [1.82, 2.24) is 9.55 Å². The molecule has 0 bridgehead atoms. The molecule has 0 atom stereocenters. The van der Waals surface area contributed by atoms with Crippen molar-refractivity contribution in [1.29, 1.82) is 0 Å². The van der Waals surface area contributed by atoms with Crippen LogP contribution in [0, 0.1) is 0 Å². The number of rotatable bonds is 3. The maximum Gasteiger partial charge on any atom is 0.374 e. The van der Waals surface area contributed by atoms with Gasteiger partial charge in [0.1, 0.15) is 0 Å². The van der Waals surface area contributed by atoms with Gasteiger partial charge >= 0.3 is 5.97 Å². The Labute approximate surface area is 93.9 Å².